The van der Waals surface area contributed by atoms with E-state index >= 15 is 0 Å². The van der Waals surface area contributed by atoms with Crippen molar-refractivity contribution in [2.24, 2.45) is 0 Å². The molecule has 5 heteroatoms. The fourth-order valence-corrected chi connectivity index (χ4v) is 2.85. The minimum absolute atomic E-state index is 0.0935. The summed E-state index contributed by atoms with van der Waals surface area (Å²) in [5.74, 6) is -0.0591. The first-order chi connectivity index (χ1) is 13.7. The Hall–Kier alpha value is -3.60. The quantitative estimate of drug-likeness (QED) is 0.607. The van der Waals surface area contributed by atoms with Crippen molar-refractivity contribution in [1.29, 1.82) is 0 Å². The van der Waals surface area contributed by atoms with Crippen LogP contribution in [0.15, 0.2) is 90.1 Å². The smallest absolute Gasteiger partial charge is 0.294 e. The van der Waals surface area contributed by atoms with Gasteiger partial charge < -0.3 is 14.6 Å². The highest BCUT2D eigenvalue weighted by molar-refractivity contribution is 6.04. The summed E-state index contributed by atoms with van der Waals surface area (Å²) in [5, 5.41) is 2.76. The molecular weight excluding hydrogens is 352 g/mol. The van der Waals surface area contributed by atoms with Crippen molar-refractivity contribution >= 4 is 17.5 Å². The average Bonchev–Trinajstić information content (AvgIpc) is 3.26. The molecule has 0 saturated carbocycles. The largest absolute Gasteiger partial charge is 0.459 e. The van der Waals surface area contributed by atoms with Gasteiger partial charge >= 0.3 is 0 Å². The first kappa shape index (κ1) is 19.2. The third-order valence-electron chi connectivity index (χ3n) is 4.19. The molecule has 0 saturated heterocycles. The van der Waals surface area contributed by atoms with Crippen LogP contribution in [-0.2, 0) is 17.8 Å². The molecule has 1 N–H and O–H groups in total. The van der Waals surface area contributed by atoms with Crippen molar-refractivity contribution in [3.63, 3.8) is 0 Å². The lowest BCUT2D eigenvalue weighted by Crippen LogP contribution is -2.30. The second-order valence-electron chi connectivity index (χ2n) is 6.29. The van der Waals surface area contributed by atoms with E-state index in [0.29, 0.717) is 18.8 Å². The van der Waals surface area contributed by atoms with Crippen molar-refractivity contribution in [1.82, 2.24) is 5.32 Å². The maximum atomic E-state index is 13.0. The summed E-state index contributed by atoms with van der Waals surface area (Å²) in [4.78, 5) is 26.7. The molecule has 2 aromatic carbocycles. The van der Waals surface area contributed by atoms with E-state index in [1.165, 1.54) is 6.26 Å². The molecule has 0 fully saturated rings. The maximum absolute atomic E-state index is 13.0. The number of anilines is 1. The Morgan fingerprint density at radius 1 is 1.00 bits per heavy atom. The van der Waals surface area contributed by atoms with Crippen molar-refractivity contribution in [2.45, 2.75) is 13.0 Å². The second-order valence-corrected chi connectivity index (χ2v) is 6.29. The zero-order chi connectivity index (χ0) is 19.8. The Balaban J connectivity index is 1.87. The highest BCUT2D eigenvalue weighted by Crippen LogP contribution is 2.22. The molecule has 0 aliphatic heterocycles. The van der Waals surface area contributed by atoms with Gasteiger partial charge in [0, 0.05) is 12.2 Å². The lowest BCUT2D eigenvalue weighted by Gasteiger charge is -2.22. The number of hydrogen-bond donors (Lipinski definition) is 1. The van der Waals surface area contributed by atoms with Crippen LogP contribution in [0.1, 0.15) is 21.7 Å². The number of furan rings is 1. The van der Waals surface area contributed by atoms with Crippen LogP contribution in [0.5, 0.6) is 0 Å². The third-order valence-corrected chi connectivity index (χ3v) is 4.19. The van der Waals surface area contributed by atoms with Gasteiger partial charge in [-0.3, -0.25) is 9.59 Å². The Morgan fingerprint density at radius 2 is 1.79 bits per heavy atom. The van der Waals surface area contributed by atoms with E-state index < -0.39 is 0 Å². The van der Waals surface area contributed by atoms with Crippen LogP contribution in [-0.4, -0.2) is 18.4 Å². The van der Waals surface area contributed by atoms with E-state index in [1.54, 1.807) is 23.1 Å². The van der Waals surface area contributed by atoms with Crippen LogP contribution in [0.3, 0.4) is 0 Å². The number of amides is 2. The van der Waals surface area contributed by atoms with Crippen molar-refractivity contribution in [2.75, 3.05) is 11.4 Å². The fraction of sp³-hybridized carbons (Fsp3) is 0.130. The monoisotopic (exact) mass is 374 g/mol. The lowest BCUT2D eigenvalue weighted by atomic mass is 10.1. The summed E-state index contributed by atoms with van der Waals surface area (Å²) in [6.45, 7) is 4.41. The number of benzene rings is 2. The number of nitrogens with one attached hydrogen (secondary N) is 1. The standard InChI is InChI=1S/C23H22N2O3/c1-2-13-24-22(26)16-19-10-6-11-20(15-19)25(17-18-8-4-3-5-9-18)23(27)21-12-7-14-28-21/h2-12,14-15H,1,13,16-17H2,(H,24,26). The molecule has 0 atom stereocenters. The highest BCUT2D eigenvalue weighted by Gasteiger charge is 2.21. The van der Waals surface area contributed by atoms with Gasteiger partial charge in [-0.25, -0.2) is 0 Å². The second kappa shape index (κ2) is 9.37. The van der Waals surface area contributed by atoms with E-state index in [0.717, 1.165) is 11.1 Å². The van der Waals surface area contributed by atoms with Crippen molar-refractivity contribution < 1.29 is 14.0 Å². The van der Waals surface area contributed by atoms with Crippen LogP contribution < -0.4 is 10.2 Å². The van der Waals surface area contributed by atoms with Crippen LogP contribution in [0.25, 0.3) is 0 Å². The van der Waals surface area contributed by atoms with Gasteiger partial charge in [-0.2, -0.15) is 0 Å². The zero-order valence-corrected chi connectivity index (χ0v) is 15.5. The summed E-state index contributed by atoms with van der Waals surface area (Å²) in [7, 11) is 0. The van der Waals surface area contributed by atoms with Gasteiger partial charge in [0.05, 0.1) is 19.2 Å². The number of nitrogens with zero attached hydrogens (tertiary/aromatic N) is 1. The molecule has 2 amide bonds. The lowest BCUT2D eigenvalue weighted by molar-refractivity contribution is -0.120. The van der Waals surface area contributed by atoms with Crippen LogP contribution in [0.2, 0.25) is 0 Å². The number of carbonyl (C=O) groups is 2. The van der Waals surface area contributed by atoms with E-state index in [2.05, 4.69) is 11.9 Å². The SMILES string of the molecule is C=CCNC(=O)Cc1cccc(N(Cc2ccccc2)C(=O)c2ccco2)c1. The Morgan fingerprint density at radius 3 is 2.50 bits per heavy atom. The first-order valence-electron chi connectivity index (χ1n) is 9.03. The van der Waals surface area contributed by atoms with Crippen molar-refractivity contribution in [3.8, 4) is 0 Å². The summed E-state index contributed by atoms with van der Waals surface area (Å²) in [6, 6.07) is 20.5. The summed E-state index contributed by atoms with van der Waals surface area (Å²) in [5.41, 5.74) is 2.53. The van der Waals surface area contributed by atoms with Gasteiger partial charge in [0.2, 0.25) is 5.91 Å². The number of carbonyl (C=O) groups excluding carboxylic acids is 2. The minimum Gasteiger partial charge on any atom is -0.459 e. The predicted molar refractivity (Wildman–Crippen MR) is 109 cm³/mol. The van der Waals surface area contributed by atoms with Gasteiger partial charge in [-0.15, -0.1) is 6.58 Å². The summed E-state index contributed by atoms with van der Waals surface area (Å²) < 4.78 is 5.31. The van der Waals surface area contributed by atoms with Gasteiger partial charge in [0.25, 0.3) is 5.91 Å². The van der Waals surface area contributed by atoms with Gasteiger partial charge in [0.1, 0.15) is 0 Å². The topological polar surface area (TPSA) is 62.6 Å². The molecule has 3 rings (SSSR count). The molecule has 0 unspecified atom stereocenters. The van der Waals surface area contributed by atoms with Crippen LogP contribution in [0, 0.1) is 0 Å². The molecule has 28 heavy (non-hydrogen) atoms. The average molecular weight is 374 g/mol. The molecule has 142 valence electrons. The van der Waals surface area contributed by atoms with Gasteiger partial charge in [-0.1, -0.05) is 48.5 Å². The molecule has 5 nitrogen and oxygen atoms in total. The van der Waals surface area contributed by atoms with Crippen molar-refractivity contribution in [3.05, 3.63) is 103 Å². The van der Waals surface area contributed by atoms with Crippen LogP contribution >= 0.6 is 0 Å². The first-order valence-corrected chi connectivity index (χ1v) is 9.03. The highest BCUT2D eigenvalue weighted by atomic mass is 16.3. The maximum Gasteiger partial charge on any atom is 0.294 e. The Bertz CT molecular complexity index is 934. The molecule has 0 bridgehead atoms. The molecule has 3 aromatic rings. The molecular formula is C23H22N2O3. The number of rotatable bonds is 8. The number of hydrogen-bond acceptors (Lipinski definition) is 3. The van der Waals surface area contributed by atoms with E-state index in [4.69, 9.17) is 4.42 Å². The predicted octanol–water partition coefficient (Wildman–Crippen LogP) is 3.97. The molecule has 0 spiro atoms. The Labute approximate surface area is 164 Å². The zero-order valence-electron chi connectivity index (χ0n) is 15.5. The third kappa shape index (κ3) is 4.98. The van der Waals surface area contributed by atoms with Crippen LogP contribution in [0.4, 0.5) is 5.69 Å². The minimum atomic E-state index is -0.234. The molecule has 1 heterocycles. The van der Waals surface area contributed by atoms with Gasteiger partial charge in [0.15, 0.2) is 5.76 Å². The van der Waals surface area contributed by atoms with E-state index in [1.807, 2.05) is 54.6 Å². The summed E-state index contributed by atoms with van der Waals surface area (Å²) in [6.07, 6.45) is 3.35. The van der Waals surface area contributed by atoms with E-state index in [9.17, 15) is 9.59 Å². The molecule has 0 radical (unpaired) electrons. The molecule has 1 aromatic heterocycles. The normalized spacial score (nSPS) is 10.3. The summed E-state index contributed by atoms with van der Waals surface area (Å²) >= 11 is 0. The Kier molecular flexibility index (Phi) is 6.41. The molecule has 0 aliphatic rings. The van der Waals surface area contributed by atoms with Gasteiger partial charge in [-0.05, 0) is 35.4 Å². The van der Waals surface area contributed by atoms with E-state index in [-0.39, 0.29) is 24.0 Å². The fourth-order valence-electron chi connectivity index (χ4n) is 2.85. The molecule has 0 aliphatic carbocycles.